The molecule has 0 fully saturated rings. The van der Waals surface area contributed by atoms with Crippen LogP contribution in [0.2, 0.25) is 0 Å². The van der Waals surface area contributed by atoms with Gasteiger partial charge in [0.1, 0.15) is 13.2 Å². The topological polar surface area (TPSA) is 105 Å². The van der Waals surface area contributed by atoms with E-state index >= 15 is 0 Å². The Morgan fingerprint density at radius 2 is 0.887 bits per heavy atom. The van der Waals surface area contributed by atoms with Crippen molar-refractivity contribution in [3.63, 3.8) is 0 Å². The third kappa shape index (κ3) is 47.0. The molecule has 0 saturated heterocycles. The molecule has 0 spiro atoms. The third-order valence-corrected chi connectivity index (χ3v) is 13.1. The van der Waals surface area contributed by atoms with Crippen LogP contribution >= 0.6 is 7.82 Å². The molecular formula is C53H106N2O6P+. The van der Waals surface area contributed by atoms with Gasteiger partial charge in [-0.15, -0.1) is 0 Å². The van der Waals surface area contributed by atoms with Crippen LogP contribution in [-0.2, 0) is 18.4 Å². The zero-order valence-corrected chi connectivity index (χ0v) is 42.8. The lowest BCUT2D eigenvalue weighted by molar-refractivity contribution is -0.870. The van der Waals surface area contributed by atoms with Crippen molar-refractivity contribution in [3.8, 4) is 0 Å². The summed E-state index contributed by atoms with van der Waals surface area (Å²) in [4.78, 5) is 23.1. The van der Waals surface area contributed by atoms with Gasteiger partial charge in [-0.2, -0.15) is 0 Å². The molecule has 0 aliphatic heterocycles. The number of carbonyl (C=O) groups is 1. The maximum atomic E-state index is 12.9. The molecule has 0 bridgehead atoms. The molecule has 368 valence electrons. The first-order valence-electron chi connectivity index (χ1n) is 26.7. The van der Waals surface area contributed by atoms with Gasteiger partial charge >= 0.3 is 7.82 Å². The van der Waals surface area contributed by atoms with Crippen LogP contribution in [0.5, 0.6) is 0 Å². The molecule has 1 amide bonds. The van der Waals surface area contributed by atoms with Crippen LogP contribution in [0.15, 0.2) is 24.3 Å². The predicted molar refractivity (Wildman–Crippen MR) is 268 cm³/mol. The van der Waals surface area contributed by atoms with Crippen molar-refractivity contribution in [2.45, 2.75) is 270 Å². The Morgan fingerprint density at radius 3 is 1.29 bits per heavy atom. The zero-order chi connectivity index (χ0) is 45.7. The summed E-state index contributed by atoms with van der Waals surface area (Å²) in [6, 6.07) is -0.848. The molecule has 8 nitrogen and oxygen atoms in total. The number of nitrogens with zero attached hydrogens (tertiary/aromatic N) is 1. The number of hydrogen-bond donors (Lipinski definition) is 3. The Kier molecular flexibility index (Phi) is 44.4. The van der Waals surface area contributed by atoms with Crippen molar-refractivity contribution in [2.75, 3.05) is 40.9 Å². The van der Waals surface area contributed by atoms with E-state index in [9.17, 15) is 19.4 Å². The van der Waals surface area contributed by atoms with Gasteiger partial charge in [0.15, 0.2) is 0 Å². The number of quaternary nitrogens is 1. The molecule has 0 rings (SSSR count). The average molecular weight is 898 g/mol. The summed E-state index contributed by atoms with van der Waals surface area (Å²) in [7, 11) is 1.57. The second kappa shape index (κ2) is 45.1. The molecule has 3 atom stereocenters. The Morgan fingerprint density at radius 1 is 0.532 bits per heavy atom. The van der Waals surface area contributed by atoms with Crippen LogP contribution in [0.1, 0.15) is 258 Å². The van der Waals surface area contributed by atoms with Crippen molar-refractivity contribution in [1.29, 1.82) is 0 Å². The minimum Gasteiger partial charge on any atom is -0.387 e. The standard InChI is InChI=1S/C53H105N2O6P/c1-6-8-10-12-14-16-18-19-20-21-22-23-24-25-26-27-28-29-30-31-32-33-34-35-37-38-40-42-44-46-52(56)51(50-61-62(58,59)60-49-48-55(3,4)5)54-53(57)47-45-43-41-39-36-17-15-13-11-9-7-2/h13,15,44,46,51-52,56H,6-12,14,16-43,45,47-50H2,1-5H3,(H-,54,57,58,59)/p+1/b15-13-,46-44+. The molecule has 0 aliphatic carbocycles. The average Bonchev–Trinajstić information content (AvgIpc) is 3.23. The van der Waals surface area contributed by atoms with Gasteiger partial charge in [-0.3, -0.25) is 13.8 Å². The van der Waals surface area contributed by atoms with Gasteiger partial charge in [-0.05, 0) is 38.5 Å². The molecule has 0 radical (unpaired) electrons. The third-order valence-electron chi connectivity index (χ3n) is 12.2. The van der Waals surface area contributed by atoms with E-state index in [0.29, 0.717) is 17.4 Å². The lowest BCUT2D eigenvalue weighted by Gasteiger charge is -2.25. The minimum atomic E-state index is -4.34. The number of unbranched alkanes of at least 4 members (excludes halogenated alkanes) is 34. The van der Waals surface area contributed by atoms with E-state index in [4.69, 9.17) is 9.05 Å². The molecule has 3 unspecified atom stereocenters. The number of allylic oxidation sites excluding steroid dienone is 3. The molecule has 0 saturated carbocycles. The zero-order valence-electron chi connectivity index (χ0n) is 41.9. The summed E-state index contributed by atoms with van der Waals surface area (Å²) in [6.07, 6.45) is 55.7. The number of aliphatic hydroxyl groups excluding tert-OH is 1. The monoisotopic (exact) mass is 898 g/mol. The first-order chi connectivity index (χ1) is 30.0. The van der Waals surface area contributed by atoms with E-state index in [1.807, 2.05) is 27.2 Å². The van der Waals surface area contributed by atoms with Gasteiger partial charge in [0.2, 0.25) is 5.91 Å². The number of nitrogens with one attached hydrogen (secondary N) is 1. The highest BCUT2D eigenvalue weighted by atomic mass is 31.2. The maximum absolute atomic E-state index is 12.9. The molecule has 0 aromatic carbocycles. The molecule has 62 heavy (non-hydrogen) atoms. The number of hydrogen-bond acceptors (Lipinski definition) is 5. The number of aliphatic hydroxyl groups is 1. The van der Waals surface area contributed by atoms with Crippen LogP contribution in [0.4, 0.5) is 0 Å². The van der Waals surface area contributed by atoms with E-state index < -0.39 is 20.0 Å². The normalized spacial score (nSPS) is 14.2. The van der Waals surface area contributed by atoms with Crippen molar-refractivity contribution in [2.24, 2.45) is 0 Å². The van der Waals surface area contributed by atoms with Gasteiger partial charge in [-0.1, -0.05) is 237 Å². The summed E-state index contributed by atoms with van der Waals surface area (Å²) in [5.41, 5.74) is 0. The van der Waals surface area contributed by atoms with Crippen molar-refractivity contribution in [1.82, 2.24) is 5.32 Å². The van der Waals surface area contributed by atoms with E-state index in [1.165, 1.54) is 186 Å². The van der Waals surface area contributed by atoms with Crippen molar-refractivity contribution in [3.05, 3.63) is 24.3 Å². The van der Waals surface area contributed by atoms with Gasteiger partial charge < -0.3 is 19.8 Å². The first-order valence-corrected chi connectivity index (χ1v) is 28.2. The lowest BCUT2D eigenvalue weighted by atomic mass is 10.0. The van der Waals surface area contributed by atoms with E-state index in [1.54, 1.807) is 6.08 Å². The fourth-order valence-corrected chi connectivity index (χ4v) is 8.64. The molecule has 3 N–H and O–H groups in total. The highest BCUT2D eigenvalue weighted by Gasteiger charge is 2.27. The molecule has 0 aliphatic rings. The lowest BCUT2D eigenvalue weighted by Crippen LogP contribution is -2.45. The highest BCUT2D eigenvalue weighted by Crippen LogP contribution is 2.43. The largest absolute Gasteiger partial charge is 0.472 e. The second-order valence-electron chi connectivity index (χ2n) is 19.6. The summed E-state index contributed by atoms with van der Waals surface area (Å²) >= 11 is 0. The maximum Gasteiger partial charge on any atom is 0.472 e. The van der Waals surface area contributed by atoms with E-state index in [0.717, 1.165) is 51.4 Å². The summed E-state index contributed by atoms with van der Waals surface area (Å²) < 4.78 is 23.6. The predicted octanol–water partition coefficient (Wildman–Crippen LogP) is 15.6. The van der Waals surface area contributed by atoms with Crippen LogP contribution in [0.25, 0.3) is 0 Å². The number of phosphoric acid groups is 1. The van der Waals surface area contributed by atoms with Gasteiger partial charge in [0, 0.05) is 6.42 Å². The van der Waals surface area contributed by atoms with E-state index in [2.05, 4.69) is 31.3 Å². The van der Waals surface area contributed by atoms with Crippen molar-refractivity contribution >= 4 is 13.7 Å². The molecule has 0 aromatic heterocycles. The quantitative estimate of drug-likeness (QED) is 0.0243. The number of rotatable bonds is 49. The highest BCUT2D eigenvalue weighted by molar-refractivity contribution is 7.47. The fourth-order valence-electron chi connectivity index (χ4n) is 7.91. The van der Waals surface area contributed by atoms with Gasteiger partial charge in [-0.25, -0.2) is 4.57 Å². The number of likely N-dealkylation sites (N-methyl/N-ethyl adjacent to an activating group) is 1. The van der Waals surface area contributed by atoms with Crippen molar-refractivity contribution < 1.29 is 32.9 Å². The van der Waals surface area contributed by atoms with Crippen LogP contribution < -0.4 is 5.32 Å². The SMILES string of the molecule is CCCC/C=C\CCCCCCCC(=O)NC(COP(=O)(O)OCC[N+](C)(C)C)C(O)/C=C/CCCCCCCCCCCCCCCCCCCCCCCCCCCCC. The molecule has 9 heteroatoms. The Balaban J connectivity index is 4.08. The first kappa shape index (κ1) is 61.0. The number of carbonyl (C=O) groups excluding carboxylic acids is 1. The van der Waals surface area contributed by atoms with Crippen LogP contribution in [0, 0.1) is 0 Å². The number of phosphoric ester groups is 1. The Labute approximate surface area is 385 Å². The van der Waals surface area contributed by atoms with Gasteiger partial charge in [0.25, 0.3) is 0 Å². The number of amides is 1. The Hall–Kier alpha value is -1.02. The fraction of sp³-hybridized carbons (Fsp3) is 0.906. The second-order valence-corrected chi connectivity index (χ2v) is 21.1. The van der Waals surface area contributed by atoms with E-state index in [-0.39, 0.29) is 19.1 Å². The molecular weight excluding hydrogens is 792 g/mol. The summed E-state index contributed by atoms with van der Waals surface area (Å²) in [5, 5.41) is 13.9. The summed E-state index contributed by atoms with van der Waals surface area (Å²) in [5.74, 6) is -0.186. The smallest absolute Gasteiger partial charge is 0.387 e. The molecule has 0 aromatic rings. The van der Waals surface area contributed by atoms with Gasteiger partial charge in [0.05, 0.1) is 39.9 Å². The van der Waals surface area contributed by atoms with Crippen LogP contribution in [0.3, 0.4) is 0 Å². The summed E-state index contributed by atoms with van der Waals surface area (Å²) in [6.45, 7) is 4.79. The minimum absolute atomic E-state index is 0.0611. The Bertz CT molecular complexity index is 1060. The van der Waals surface area contributed by atoms with Crippen LogP contribution in [-0.4, -0.2) is 73.4 Å². The molecule has 0 heterocycles.